The minimum Gasteiger partial charge on any atom is -0.392 e. The third kappa shape index (κ3) is 4.73. The zero-order valence-corrected chi connectivity index (χ0v) is 19.2. The fourth-order valence-corrected chi connectivity index (χ4v) is 4.84. The van der Waals surface area contributed by atoms with Gasteiger partial charge < -0.3 is 20.3 Å². The van der Waals surface area contributed by atoms with E-state index in [1.807, 2.05) is 43.4 Å². The lowest BCUT2D eigenvalue weighted by molar-refractivity contribution is -0.131. The van der Waals surface area contributed by atoms with E-state index in [0.717, 1.165) is 46.7 Å². The summed E-state index contributed by atoms with van der Waals surface area (Å²) in [6.07, 6.45) is 4.57. The van der Waals surface area contributed by atoms with Crippen molar-refractivity contribution in [3.05, 3.63) is 71.5 Å². The van der Waals surface area contributed by atoms with Crippen LogP contribution < -0.4 is 5.32 Å². The Kier molecular flexibility index (Phi) is 6.17. The Balaban J connectivity index is 1.38. The molecule has 0 bridgehead atoms. The van der Waals surface area contributed by atoms with Crippen molar-refractivity contribution >= 4 is 17.5 Å². The van der Waals surface area contributed by atoms with Gasteiger partial charge in [0.15, 0.2) is 0 Å². The van der Waals surface area contributed by atoms with Crippen LogP contribution in [-0.4, -0.2) is 69.5 Å². The minimum atomic E-state index is -0.322. The highest BCUT2D eigenvalue weighted by molar-refractivity contribution is 5.99. The van der Waals surface area contributed by atoms with Gasteiger partial charge in [0, 0.05) is 50.3 Å². The number of benzene rings is 2. The lowest BCUT2D eigenvalue weighted by Gasteiger charge is -2.32. The summed E-state index contributed by atoms with van der Waals surface area (Å²) in [7, 11) is 1.84. The van der Waals surface area contributed by atoms with Crippen molar-refractivity contribution in [3.8, 4) is 11.4 Å². The number of carbonyl (C=O) groups excluding carboxylic acids is 2. The summed E-state index contributed by atoms with van der Waals surface area (Å²) in [5.74, 6) is 0.767. The van der Waals surface area contributed by atoms with Gasteiger partial charge in [-0.1, -0.05) is 30.3 Å². The van der Waals surface area contributed by atoms with Gasteiger partial charge in [0.05, 0.1) is 25.0 Å². The third-order valence-corrected chi connectivity index (χ3v) is 6.74. The quantitative estimate of drug-likeness (QED) is 0.504. The Morgan fingerprint density at radius 2 is 2.18 bits per heavy atom. The van der Waals surface area contributed by atoms with E-state index in [4.69, 9.17) is 0 Å². The molecule has 2 aromatic carbocycles. The van der Waals surface area contributed by atoms with Gasteiger partial charge >= 0.3 is 0 Å². The Morgan fingerprint density at radius 3 is 2.94 bits per heavy atom. The highest BCUT2D eigenvalue weighted by Gasteiger charge is 2.29. The molecular weight excluding hydrogens is 430 g/mol. The highest BCUT2D eigenvalue weighted by Crippen LogP contribution is 2.28. The van der Waals surface area contributed by atoms with Crippen LogP contribution in [0, 0.1) is 0 Å². The zero-order chi connectivity index (χ0) is 23.7. The third-order valence-electron chi connectivity index (χ3n) is 6.74. The summed E-state index contributed by atoms with van der Waals surface area (Å²) in [5, 5.41) is 12.9. The molecule has 1 fully saturated rings. The standard InChI is InChI=1S/C26H29N5O3/c1-30(25(34)12-17-5-6-18-14-24(33)29-22(18)11-17)23(16-31-10-7-21(32)15-31)19-3-2-4-20(13-19)26-27-8-9-28-26/h2-6,8-9,11,13,21,23,32H,7,10,12,14-16H2,1H3,(H,27,28)(H,29,33)/t21-,23?/m1/s1. The molecule has 0 spiro atoms. The van der Waals surface area contributed by atoms with Crippen molar-refractivity contribution in [2.24, 2.45) is 0 Å². The Hall–Kier alpha value is -3.49. The van der Waals surface area contributed by atoms with Gasteiger partial charge in [0.25, 0.3) is 0 Å². The van der Waals surface area contributed by atoms with Crippen LogP contribution in [0.2, 0.25) is 0 Å². The number of aromatic nitrogens is 2. The summed E-state index contributed by atoms with van der Waals surface area (Å²) in [4.78, 5) is 36.6. The summed E-state index contributed by atoms with van der Waals surface area (Å²) in [6, 6.07) is 13.7. The zero-order valence-electron chi connectivity index (χ0n) is 19.2. The number of aliphatic hydroxyl groups excluding tert-OH is 1. The topological polar surface area (TPSA) is 102 Å². The van der Waals surface area contributed by atoms with Crippen molar-refractivity contribution in [2.75, 3.05) is 32.0 Å². The number of anilines is 1. The number of rotatable bonds is 7. The number of β-amino-alcohol motifs (C(OH)–C–C–N with tert-alkyl or cyclic N) is 1. The maximum Gasteiger partial charge on any atom is 0.228 e. The molecule has 3 N–H and O–H groups in total. The van der Waals surface area contributed by atoms with Crippen LogP contribution in [0.3, 0.4) is 0 Å². The van der Waals surface area contributed by atoms with Gasteiger partial charge in [0.2, 0.25) is 11.8 Å². The molecule has 34 heavy (non-hydrogen) atoms. The number of nitrogens with one attached hydrogen (secondary N) is 2. The first-order valence-electron chi connectivity index (χ1n) is 11.6. The first kappa shape index (κ1) is 22.3. The summed E-state index contributed by atoms with van der Waals surface area (Å²) in [6.45, 7) is 2.06. The first-order chi connectivity index (χ1) is 16.5. The van der Waals surface area contributed by atoms with E-state index in [2.05, 4.69) is 26.3 Å². The molecule has 2 amide bonds. The molecule has 8 heteroatoms. The average molecular weight is 460 g/mol. The normalized spacial score (nSPS) is 18.5. The molecule has 3 aromatic rings. The lowest BCUT2D eigenvalue weighted by Crippen LogP contribution is -2.39. The molecule has 0 saturated carbocycles. The predicted octanol–water partition coefficient (Wildman–Crippen LogP) is 2.38. The molecule has 3 heterocycles. The van der Waals surface area contributed by atoms with E-state index in [9.17, 15) is 14.7 Å². The number of imidazole rings is 1. The lowest BCUT2D eigenvalue weighted by atomic mass is 10.0. The maximum atomic E-state index is 13.4. The number of aliphatic hydroxyl groups is 1. The van der Waals surface area contributed by atoms with Crippen LogP contribution in [-0.2, 0) is 22.4 Å². The number of nitrogens with zero attached hydrogens (tertiary/aromatic N) is 3. The van der Waals surface area contributed by atoms with Gasteiger partial charge in [-0.2, -0.15) is 0 Å². The van der Waals surface area contributed by atoms with E-state index in [-0.39, 0.29) is 30.4 Å². The fourth-order valence-electron chi connectivity index (χ4n) is 4.84. The maximum absolute atomic E-state index is 13.4. The second-order valence-electron chi connectivity index (χ2n) is 9.18. The number of fused-ring (bicyclic) bond motifs is 1. The number of hydrogen-bond acceptors (Lipinski definition) is 5. The van der Waals surface area contributed by atoms with Crippen LogP contribution >= 0.6 is 0 Å². The Labute approximate surface area is 198 Å². The second-order valence-corrected chi connectivity index (χ2v) is 9.18. The number of aromatic amines is 1. The predicted molar refractivity (Wildman–Crippen MR) is 129 cm³/mol. The number of H-pyrrole nitrogens is 1. The molecule has 0 radical (unpaired) electrons. The van der Waals surface area contributed by atoms with E-state index in [1.54, 1.807) is 17.3 Å². The molecule has 0 aliphatic carbocycles. The average Bonchev–Trinajstić information content (AvgIpc) is 3.57. The largest absolute Gasteiger partial charge is 0.392 e. The monoisotopic (exact) mass is 459 g/mol. The molecule has 1 unspecified atom stereocenters. The SMILES string of the molecule is CN(C(=O)Cc1ccc2c(c1)NC(=O)C2)C(CN1CC[C@@H](O)C1)c1cccc(-c2ncc[nH]2)c1. The fraction of sp³-hybridized carbons (Fsp3) is 0.346. The van der Waals surface area contributed by atoms with Crippen molar-refractivity contribution in [1.82, 2.24) is 19.8 Å². The van der Waals surface area contributed by atoms with Crippen LogP contribution in [0.5, 0.6) is 0 Å². The van der Waals surface area contributed by atoms with Crippen LogP contribution in [0.1, 0.15) is 29.2 Å². The molecule has 176 valence electrons. The number of carbonyl (C=O) groups is 2. The highest BCUT2D eigenvalue weighted by atomic mass is 16.3. The van der Waals surface area contributed by atoms with Gasteiger partial charge in [-0.25, -0.2) is 4.98 Å². The number of amides is 2. The van der Waals surface area contributed by atoms with Gasteiger partial charge in [0.1, 0.15) is 5.82 Å². The van der Waals surface area contributed by atoms with Crippen molar-refractivity contribution < 1.29 is 14.7 Å². The van der Waals surface area contributed by atoms with E-state index >= 15 is 0 Å². The Bertz CT molecular complexity index is 1190. The van der Waals surface area contributed by atoms with Crippen molar-refractivity contribution in [1.29, 1.82) is 0 Å². The molecule has 2 aliphatic heterocycles. The molecule has 2 aliphatic rings. The first-order valence-corrected chi connectivity index (χ1v) is 11.6. The molecular formula is C26H29N5O3. The number of likely N-dealkylation sites (tertiary alicyclic amines) is 1. The van der Waals surface area contributed by atoms with Crippen molar-refractivity contribution in [2.45, 2.75) is 31.4 Å². The van der Waals surface area contributed by atoms with E-state index in [1.165, 1.54) is 0 Å². The molecule has 8 nitrogen and oxygen atoms in total. The molecule has 2 atom stereocenters. The van der Waals surface area contributed by atoms with E-state index < -0.39 is 0 Å². The molecule has 1 saturated heterocycles. The summed E-state index contributed by atoms with van der Waals surface area (Å²) in [5.41, 5.74) is 4.62. The van der Waals surface area contributed by atoms with Crippen molar-refractivity contribution in [3.63, 3.8) is 0 Å². The number of hydrogen-bond donors (Lipinski definition) is 3. The van der Waals surface area contributed by atoms with Gasteiger partial charge in [-0.05, 0) is 35.2 Å². The van der Waals surface area contributed by atoms with Crippen LogP contribution in [0.4, 0.5) is 5.69 Å². The number of likely N-dealkylation sites (N-methyl/N-ethyl adjacent to an activating group) is 1. The van der Waals surface area contributed by atoms with Crippen LogP contribution in [0.25, 0.3) is 11.4 Å². The molecule has 5 rings (SSSR count). The summed E-state index contributed by atoms with van der Waals surface area (Å²) >= 11 is 0. The second kappa shape index (κ2) is 9.40. The minimum absolute atomic E-state index is 0.00239. The van der Waals surface area contributed by atoms with Gasteiger partial charge in [-0.3, -0.25) is 14.5 Å². The Morgan fingerprint density at radius 1 is 1.29 bits per heavy atom. The van der Waals surface area contributed by atoms with E-state index in [0.29, 0.717) is 19.5 Å². The summed E-state index contributed by atoms with van der Waals surface area (Å²) < 4.78 is 0. The van der Waals surface area contributed by atoms with Crippen LogP contribution in [0.15, 0.2) is 54.9 Å². The smallest absolute Gasteiger partial charge is 0.228 e. The molecule has 1 aromatic heterocycles. The van der Waals surface area contributed by atoms with Gasteiger partial charge in [-0.15, -0.1) is 0 Å².